The quantitative estimate of drug-likeness (QED) is 0.494. The first-order valence-electron chi connectivity index (χ1n) is 5.23. The summed E-state index contributed by atoms with van der Waals surface area (Å²) < 4.78 is 0.927. The molecule has 1 aromatic heterocycles. The lowest BCUT2D eigenvalue weighted by molar-refractivity contribution is 0.0935. The topological polar surface area (TPSA) is 101 Å². The third kappa shape index (κ3) is 1.64. The molecule has 0 atom stereocenters. The molecule has 0 amide bonds. The van der Waals surface area contributed by atoms with Gasteiger partial charge in [-0.25, -0.2) is 0 Å². The first-order chi connectivity index (χ1) is 7.61. The largest absolute Gasteiger partial charge is 0.423 e. The van der Waals surface area contributed by atoms with Gasteiger partial charge < -0.3 is 15.3 Å². The maximum absolute atomic E-state index is 9.68. The van der Waals surface area contributed by atoms with E-state index in [2.05, 4.69) is 0 Å². The predicted molar refractivity (Wildman–Crippen MR) is 54.6 cm³/mol. The van der Waals surface area contributed by atoms with Gasteiger partial charge >= 0.3 is 0 Å². The second kappa shape index (κ2) is 3.92. The molecule has 1 saturated heterocycles. The maximum Gasteiger partial charge on any atom is 0.273 e. The van der Waals surface area contributed by atoms with Crippen molar-refractivity contribution in [1.29, 1.82) is 10.8 Å². The fourth-order valence-corrected chi connectivity index (χ4v) is 1.91. The van der Waals surface area contributed by atoms with Gasteiger partial charge in [-0.3, -0.25) is 10.8 Å². The average molecular weight is 225 g/mol. The zero-order valence-corrected chi connectivity index (χ0v) is 8.85. The van der Waals surface area contributed by atoms with Crippen molar-refractivity contribution in [2.24, 2.45) is 0 Å². The average Bonchev–Trinajstić information content (AvgIpc) is 2.32. The van der Waals surface area contributed by atoms with E-state index in [0.717, 1.165) is 32.4 Å². The second-order valence-corrected chi connectivity index (χ2v) is 3.88. The van der Waals surface area contributed by atoms with Crippen LogP contribution < -0.4 is 16.0 Å². The molecule has 0 aromatic carbocycles. The van der Waals surface area contributed by atoms with Crippen LogP contribution in [0.4, 0.5) is 5.82 Å². The van der Waals surface area contributed by atoms with Crippen molar-refractivity contribution in [2.45, 2.75) is 19.3 Å². The normalized spacial score (nSPS) is 16.4. The number of aromatic nitrogens is 2. The standard InChI is InChI=1S/C9H15N5O2/c10-7-6-8(12-4-2-1-3-5-12)14(16)9(11)13(7)15/h6,10-11,15-16H,1-5H2. The molecule has 88 valence electrons. The number of anilines is 1. The van der Waals surface area contributed by atoms with Crippen LogP contribution in [-0.4, -0.2) is 33.0 Å². The Morgan fingerprint density at radius 3 is 2.25 bits per heavy atom. The van der Waals surface area contributed by atoms with Crippen molar-refractivity contribution in [3.05, 3.63) is 17.2 Å². The van der Waals surface area contributed by atoms with Crippen molar-refractivity contribution < 1.29 is 10.4 Å². The maximum atomic E-state index is 9.68. The van der Waals surface area contributed by atoms with Crippen LogP contribution in [0.25, 0.3) is 0 Å². The van der Waals surface area contributed by atoms with E-state index in [1.54, 1.807) is 0 Å². The summed E-state index contributed by atoms with van der Waals surface area (Å²) in [6.07, 6.45) is 3.24. The van der Waals surface area contributed by atoms with Crippen LogP contribution in [0.1, 0.15) is 19.3 Å². The third-order valence-electron chi connectivity index (χ3n) is 2.79. The van der Waals surface area contributed by atoms with Gasteiger partial charge in [-0.1, -0.05) is 0 Å². The molecule has 7 heteroatoms. The summed E-state index contributed by atoms with van der Waals surface area (Å²) in [6, 6.07) is 1.35. The molecule has 0 saturated carbocycles. The van der Waals surface area contributed by atoms with Crippen LogP contribution in [0, 0.1) is 10.8 Å². The number of rotatable bonds is 1. The van der Waals surface area contributed by atoms with Crippen LogP contribution in [0.3, 0.4) is 0 Å². The molecule has 4 N–H and O–H groups in total. The fourth-order valence-electron chi connectivity index (χ4n) is 1.91. The first kappa shape index (κ1) is 10.6. The highest BCUT2D eigenvalue weighted by Gasteiger charge is 2.16. The highest BCUT2D eigenvalue weighted by Crippen LogP contribution is 2.15. The molecule has 0 radical (unpaired) electrons. The Morgan fingerprint density at radius 1 is 1.00 bits per heavy atom. The van der Waals surface area contributed by atoms with E-state index < -0.39 is 5.62 Å². The summed E-state index contributed by atoms with van der Waals surface area (Å²) in [6.45, 7) is 1.60. The van der Waals surface area contributed by atoms with Crippen molar-refractivity contribution in [2.75, 3.05) is 18.0 Å². The highest BCUT2D eigenvalue weighted by molar-refractivity contribution is 5.37. The zero-order chi connectivity index (χ0) is 11.7. The second-order valence-electron chi connectivity index (χ2n) is 3.88. The van der Waals surface area contributed by atoms with Crippen molar-refractivity contribution in [3.8, 4) is 0 Å². The molecule has 1 aliphatic heterocycles. The molecule has 0 aliphatic carbocycles. The van der Waals surface area contributed by atoms with Gasteiger partial charge in [0.05, 0.1) is 0 Å². The SMILES string of the molecule is N=c1cc(N2CCCCC2)n(O)c(=N)n1O. The van der Waals surface area contributed by atoms with Gasteiger partial charge in [0.2, 0.25) is 0 Å². The number of nitrogens with zero attached hydrogens (tertiary/aromatic N) is 3. The summed E-state index contributed by atoms with van der Waals surface area (Å²) in [7, 11) is 0. The Hall–Kier alpha value is -1.92. The van der Waals surface area contributed by atoms with Crippen molar-refractivity contribution >= 4 is 5.82 Å². The molecular formula is C9H15N5O2. The van der Waals surface area contributed by atoms with Gasteiger partial charge in [-0.05, 0) is 19.3 Å². The number of nitrogens with one attached hydrogen (secondary N) is 2. The van der Waals surface area contributed by atoms with E-state index in [4.69, 9.17) is 10.8 Å². The Morgan fingerprint density at radius 2 is 1.62 bits per heavy atom. The lowest BCUT2D eigenvalue weighted by Gasteiger charge is -2.29. The fraction of sp³-hybridized carbons (Fsp3) is 0.556. The van der Waals surface area contributed by atoms with Crippen LogP contribution in [0.5, 0.6) is 0 Å². The smallest absolute Gasteiger partial charge is 0.273 e. The van der Waals surface area contributed by atoms with Crippen LogP contribution in [0.15, 0.2) is 6.07 Å². The number of hydrogen-bond donors (Lipinski definition) is 4. The predicted octanol–water partition coefficient (Wildman–Crippen LogP) is -0.287. The lowest BCUT2D eigenvalue weighted by atomic mass is 10.1. The summed E-state index contributed by atoms with van der Waals surface area (Å²) in [5.41, 5.74) is -0.732. The van der Waals surface area contributed by atoms with Gasteiger partial charge in [0.15, 0.2) is 11.3 Å². The Labute approximate surface area is 91.7 Å². The minimum absolute atomic E-state index is 0.212. The summed E-state index contributed by atoms with van der Waals surface area (Å²) in [5.74, 6) is 0.389. The Bertz CT molecular complexity index is 498. The van der Waals surface area contributed by atoms with E-state index >= 15 is 0 Å². The molecule has 2 rings (SSSR count). The number of piperidine rings is 1. The van der Waals surface area contributed by atoms with Crippen molar-refractivity contribution in [1.82, 2.24) is 9.46 Å². The van der Waals surface area contributed by atoms with Gasteiger partial charge in [0.1, 0.15) is 0 Å². The first-order valence-corrected chi connectivity index (χ1v) is 5.23. The van der Waals surface area contributed by atoms with Gasteiger partial charge in [-0.2, -0.15) is 0 Å². The van der Waals surface area contributed by atoms with E-state index in [1.165, 1.54) is 6.07 Å². The minimum Gasteiger partial charge on any atom is -0.423 e. The highest BCUT2D eigenvalue weighted by atomic mass is 16.5. The lowest BCUT2D eigenvalue weighted by Crippen LogP contribution is -2.42. The molecule has 1 aliphatic rings. The Kier molecular flexibility index (Phi) is 2.59. The molecule has 1 fully saturated rings. The van der Waals surface area contributed by atoms with E-state index in [9.17, 15) is 10.4 Å². The summed E-state index contributed by atoms with van der Waals surface area (Å²) in [4.78, 5) is 1.92. The molecule has 0 spiro atoms. The van der Waals surface area contributed by atoms with Crippen LogP contribution >= 0.6 is 0 Å². The third-order valence-corrected chi connectivity index (χ3v) is 2.79. The molecule has 0 unspecified atom stereocenters. The van der Waals surface area contributed by atoms with Gasteiger partial charge in [0, 0.05) is 19.2 Å². The monoisotopic (exact) mass is 225 g/mol. The molecule has 0 bridgehead atoms. The molecular weight excluding hydrogens is 210 g/mol. The zero-order valence-electron chi connectivity index (χ0n) is 8.85. The Balaban J connectivity index is 2.48. The summed E-state index contributed by atoms with van der Waals surface area (Å²) >= 11 is 0. The van der Waals surface area contributed by atoms with Gasteiger partial charge in [-0.15, -0.1) is 9.46 Å². The molecule has 1 aromatic rings. The van der Waals surface area contributed by atoms with Crippen molar-refractivity contribution in [3.63, 3.8) is 0 Å². The van der Waals surface area contributed by atoms with E-state index in [1.807, 2.05) is 4.90 Å². The van der Waals surface area contributed by atoms with Crippen LogP contribution in [0.2, 0.25) is 0 Å². The van der Waals surface area contributed by atoms with Crippen LogP contribution in [-0.2, 0) is 0 Å². The van der Waals surface area contributed by atoms with E-state index in [-0.39, 0.29) is 5.49 Å². The number of hydrogen-bond acceptors (Lipinski definition) is 5. The van der Waals surface area contributed by atoms with Gasteiger partial charge in [0.25, 0.3) is 5.62 Å². The molecule has 2 heterocycles. The molecule has 16 heavy (non-hydrogen) atoms. The summed E-state index contributed by atoms with van der Waals surface area (Å²) in [5, 5.41) is 33.8. The van der Waals surface area contributed by atoms with E-state index in [0.29, 0.717) is 15.3 Å². The minimum atomic E-state index is -0.520. The molecule has 7 nitrogen and oxygen atoms in total.